The molecule has 10 nitrogen and oxygen atoms in total. The number of H-pyrrole nitrogens is 1. The zero-order valence-corrected chi connectivity index (χ0v) is 21.4. The summed E-state index contributed by atoms with van der Waals surface area (Å²) in [4.78, 5) is 13.7. The molecule has 200 valence electrons. The van der Waals surface area contributed by atoms with Gasteiger partial charge in [-0.2, -0.15) is 23.5 Å². The van der Waals surface area contributed by atoms with Gasteiger partial charge in [-0.25, -0.2) is 9.78 Å². The summed E-state index contributed by atoms with van der Waals surface area (Å²) in [5.41, 5.74) is 5.62. The zero-order chi connectivity index (χ0) is 28.4. The van der Waals surface area contributed by atoms with E-state index in [2.05, 4.69) is 31.8 Å². The van der Waals surface area contributed by atoms with Crippen LogP contribution in [0.25, 0.3) is 38.4 Å². The first-order valence-electron chi connectivity index (χ1n) is 11.1. The molecule has 0 radical (unpaired) electrons. The molecule has 0 atom stereocenters. The van der Waals surface area contributed by atoms with Gasteiger partial charge in [0.2, 0.25) is 5.13 Å². The first-order chi connectivity index (χ1) is 19.1. The van der Waals surface area contributed by atoms with Crippen LogP contribution in [0.5, 0.6) is 0 Å². The second-order valence-electron chi connectivity index (χ2n) is 8.07. The number of rotatable bonds is 4. The number of halogens is 4. The second kappa shape index (κ2) is 10.6. The van der Waals surface area contributed by atoms with Crippen LogP contribution in [-0.4, -0.2) is 47.0 Å². The Morgan fingerprint density at radius 3 is 2.60 bits per heavy atom. The highest BCUT2D eigenvalue weighted by atomic mass is 35.5. The van der Waals surface area contributed by atoms with E-state index in [4.69, 9.17) is 31.7 Å². The fraction of sp³-hybridized carbons (Fsp3) is 0.0400. The largest absolute Gasteiger partial charge is 0.490 e. The number of nitrogens with zero attached hydrogens (tertiary/aromatic N) is 6. The number of hydrogen-bond donors (Lipinski definition) is 3. The summed E-state index contributed by atoms with van der Waals surface area (Å²) in [6, 6.07) is 17.2. The fourth-order valence-corrected chi connectivity index (χ4v) is 4.65. The Labute approximate surface area is 231 Å². The maximum Gasteiger partial charge on any atom is 0.490 e. The Balaban J connectivity index is 0.000000411. The van der Waals surface area contributed by atoms with Crippen molar-refractivity contribution in [3.8, 4) is 27.9 Å². The molecule has 0 saturated carbocycles. The van der Waals surface area contributed by atoms with Crippen molar-refractivity contribution < 1.29 is 23.1 Å². The highest BCUT2D eigenvalue weighted by molar-refractivity contribution is 7.18. The van der Waals surface area contributed by atoms with Gasteiger partial charge in [0, 0.05) is 23.3 Å². The number of hydrogen-bond acceptors (Lipinski definition) is 8. The van der Waals surface area contributed by atoms with Crippen molar-refractivity contribution in [2.24, 2.45) is 0 Å². The van der Waals surface area contributed by atoms with E-state index in [0.29, 0.717) is 15.7 Å². The molecule has 0 saturated heterocycles. The molecule has 0 aliphatic carbocycles. The summed E-state index contributed by atoms with van der Waals surface area (Å²) in [6.45, 7) is 0. The van der Waals surface area contributed by atoms with Crippen molar-refractivity contribution in [3.63, 3.8) is 0 Å². The number of carboxylic acids is 1. The van der Waals surface area contributed by atoms with Gasteiger partial charge < -0.3 is 14.8 Å². The van der Waals surface area contributed by atoms with E-state index in [-0.39, 0.29) is 0 Å². The molecular weight excluding hydrogens is 569 g/mol. The number of carbonyl (C=O) groups is 1. The van der Waals surface area contributed by atoms with Crippen molar-refractivity contribution in [3.05, 3.63) is 77.7 Å². The van der Waals surface area contributed by atoms with Gasteiger partial charge in [0.1, 0.15) is 5.65 Å². The number of aliphatic carboxylic acids is 1. The number of fused-ring (bicyclic) bond motifs is 2. The number of aromatic amines is 1. The predicted molar refractivity (Wildman–Crippen MR) is 142 cm³/mol. The number of carboxylic acid groups (broad SMARTS) is 1. The molecule has 3 N–H and O–H groups in total. The van der Waals surface area contributed by atoms with E-state index in [1.807, 2.05) is 53.2 Å². The van der Waals surface area contributed by atoms with E-state index < -0.39 is 12.1 Å². The Morgan fingerprint density at radius 2 is 1.90 bits per heavy atom. The van der Waals surface area contributed by atoms with Crippen LogP contribution >= 0.6 is 22.9 Å². The van der Waals surface area contributed by atoms with Gasteiger partial charge in [-0.1, -0.05) is 35.1 Å². The van der Waals surface area contributed by atoms with Crippen molar-refractivity contribution >= 4 is 56.3 Å². The average Bonchev–Trinajstić information content (AvgIpc) is 3.70. The number of benzene rings is 2. The van der Waals surface area contributed by atoms with Gasteiger partial charge in [0.15, 0.2) is 5.01 Å². The standard InChI is InChI=1S/C23H13ClN8S.C2HF3O2/c24-20-16-11-26-29-17(16)7-8-18(20)28-23-31-30-22(33-23)15-2-1-9-32-12-19(27-21(15)32)14-5-3-13(10-25)4-6-14;3-2(4,5)1(6)7/h1-9,11-12H,(H,26,29)(H,28,31);(H,6,7). The first kappa shape index (κ1) is 26.6. The lowest BCUT2D eigenvalue weighted by Gasteiger charge is -2.05. The predicted octanol–water partition coefficient (Wildman–Crippen LogP) is 6.30. The number of imidazole rings is 1. The molecular formula is C25H14ClF3N8O2S. The monoisotopic (exact) mass is 582 g/mol. The van der Waals surface area contributed by atoms with Crippen LogP contribution in [0, 0.1) is 11.3 Å². The van der Waals surface area contributed by atoms with Gasteiger partial charge in [-0.05, 0) is 36.4 Å². The van der Waals surface area contributed by atoms with Crippen molar-refractivity contribution in [1.82, 2.24) is 29.8 Å². The zero-order valence-electron chi connectivity index (χ0n) is 19.8. The second-order valence-corrected chi connectivity index (χ2v) is 9.42. The van der Waals surface area contributed by atoms with E-state index >= 15 is 0 Å². The molecule has 40 heavy (non-hydrogen) atoms. The Bertz CT molecular complexity index is 1890. The lowest BCUT2D eigenvalue weighted by Crippen LogP contribution is -2.21. The highest BCUT2D eigenvalue weighted by Gasteiger charge is 2.38. The SMILES string of the molecule is N#Cc1ccc(-c2cn3cccc(-c4nnc(Nc5ccc6[nH]ncc6c5Cl)s4)c3n2)cc1.O=C(O)C(F)(F)F. The third kappa shape index (κ3) is 5.41. The smallest absolute Gasteiger partial charge is 0.475 e. The molecule has 0 amide bonds. The van der Waals surface area contributed by atoms with E-state index in [0.717, 1.165) is 44.1 Å². The van der Waals surface area contributed by atoms with Crippen LogP contribution in [0.1, 0.15) is 5.56 Å². The number of alkyl halides is 3. The van der Waals surface area contributed by atoms with Gasteiger partial charge >= 0.3 is 12.1 Å². The van der Waals surface area contributed by atoms with Crippen LogP contribution in [0.2, 0.25) is 5.02 Å². The van der Waals surface area contributed by atoms with Crippen molar-refractivity contribution in [2.75, 3.05) is 5.32 Å². The molecule has 15 heteroatoms. The lowest BCUT2D eigenvalue weighted by molar-refractivity contribution is -0.192. The molecule has 0 unspecified atom stereocenters. The van der Waals surface area contributed by atoms with Crippen LogP contribution in [-0.2, 0) is 4.79 Å². The molecule has 4 heterocycles. The molecule has 0 bridgehead atoms. The number of anilines is 2. The van der Waals surface area contributed by atoms with Crippen LogP contribution < -0.4 is 5.32 Å². The third-order valence-corrected chi connectivity index (χ3v) is 6.77. The highest BCUT2D eigenvalue weighted by Crippen LogP contribution is 2.35. The van der Waals surface area contributed by atoms with Crippen LogP contribution in [0.15, 0.2) is 67.1 Å². The lowest BCUT2D eigenvalue weighted by atomic mass is 10.1. The van der Waals surface area contributed by atoms with Gasteiger partial charge in [0.25, 0.3) is 0 Å². The number of nitriles is 1. The Kier molecular flexibility index (Phi) is 7.07. The van der Waals surface area contributed by atoms with Gasteiger partial charge in [-0.3, -0.25) is 5.10 Å². The molecule has 4 aromatic heterocycles. The third-order valence-electron chi connectivity index (χ3n) is 5.49. The minimum Gasteiger partial charge on any atom is -0.475 e. The maximum atomic E-state index is 10.6. The number of nitrogens with one attached hydrogen (secondary N) is 2. The average molecular weight is 583 g/mol. The topological polar surface area (TPSA) is 145 Å². The summed E-state index contributed by atoms with van der Waals surface area (Å²) >= 11 is 7.93. The Morgan fingerprint density at radius 1 is 1.15 bits per heavy atom. The maximum absolute atomic E-state index is 10.6. The Hall–Kier alpha value is -5.00. The van der Waals surface area contributed by atoms with Crippen LogP contribution in [0.3, 0.4) is 0 Å². The molecule has 6 rings (SSSR count). The summed E-state index contributed by atoms with van der Waals surface area (Å²) in [7, 11) is 0. The van der Waals surface area contributed by atoms with E-state index in [1.54, 1.807) is 18.3 Å². The van der Waals surface area contributed by atoms with Gasteiger partial charge in [-0.15, -0.1) is 10.2 Å². The minimum absolute atomic E-state index is 0.570. The van der Waals surface area contributed by atoms with Crippen LogP contribution in [0.4, 0.5) is 24.0 Å². The van der Waals surface area contributed by atoms with E-state index in [9.17, 15) is 13.2 Å². The molecule has 6 aromatic rings. The fourth-order valence-electron chi connectivity index (χ4n) is 3.61. The molecule has 0 aliphatic heterocycles. The summed E-state index contributed by atoms with van der Waals surface area (Å²) < 4.78 is 33.7. The number of pyridine rings is 1. The number of aromatic nitrogens is 6. The molecule has 0 aliphatic rings. The van der Waals surface area contributed by atoms with E-state index in [1.165, 1.54) is 11.3 Å². The van der Waals surface area contributed by atoms with Gasteiger partial charge in [0.05, 0.1) is 45.3 Å². The molecule has 0 spiro atoms. The van der Waals surface area contributed by atoms with Crippen molar-refractivity contribution in [2.45, 2.75) is 6.18 Å². The first-order valence-corrected chi connectivity index (χ1v) is 12.3. The quantitative estimate of drug-likeness (QED) is 0.220. The summed E-state index contributed by atoms with van der Waals surface area (Å²) in [6.07, 6.45) is 0.512. The summed E-state index contributed by atoms with van der Waals surface area (Å²) in [5, 5.41) is 37.8. The molecule has 2 aromatic carbocycles. The summed E-state index contributed by atoms with van der Waals surface area (Å²) in [5.74, 6) is -2.76. The minimum atomic E-state index is -5.08. The normalized spacial score (nSPS) is 11.2. The molecule has 0 fully saturated rings. The van der Waals surface area contributed by atoms with Crippen molar-refractivity contribution in [1.29, 1.82) is 5.26 Å².